The van der Waals surface area contributed by atoms with Crippen molar-refractivity contribution in [3.8, 4) is 0 Å². The van der Waals surface area contributed by atoms with Gasteiger partial charge in [-0.2, -0.15) is 0 Å². The summed E-state index contributed by atoms with van der Waals surface area (Å²) in [5.74, 6) is -0.0625. The maximum absolute atomic E-state index is 10.6. The minimum atomic E-state index is -0.836. The molecule has 0 bridgehead atoms. The SMILES string of the molecule is C[C@@H]1NC(=O)C[C@]1(C)O. The summed E-state index contributed by atoms with van der Waals surface area (Å²) in [6, 6.07) is -0.106. The van der Waals surface area contributed by atoms with Crippen LogP contribution < -0.4 is 5.32 Å². The van der Waals surface area contributed by atoms with E-state index in [1.807, 2.05) is 0 Å². The summed E-state index contributed by atoms with van der Waals surface area (Å²) in [4.78, 5) is 10.6. The average Bonchev–Trinajstić information content (AvgIpc) is 1.79. The minimum Gasteiger partial charge on any atom is -0.388 e. The fourth-order valence-corrected chi connectivity index (χ4v) is 0.926. The van der Waals surface area contributed by atoms with Gasteiger partial charge in [0, 0.05) is 0 Å². The zero-order valence-electron chi connectivity index (χ0n) is 5.64. The first-order chi connectivity index (χ1) is 4.02. The first-order valence-electron chi connectivity index (χ1n) is 3.04. The molecular formula is C6H11NO2. The Bertz CT molecular complexity index is 142. The molecule has 3 heteroatoms. The molecule has 0 aromatic heterocycles. The van der Waals surface area contributed by atoms with Crippen LogP contribution in [-0.4, -0.2) is 22.7 Å². The van der Waals surface area contributed by atoms with Gasteiger partial charge in [0.25, 0.3) is 0 Å². The van der Waals surface area contributed by atoms with Gasteiger partial charge in [0.1, 0.15) is 0 Å². The molecule has 1 amide bonds. The Morgan fingerprint density at radius 3 is 2.56 bits per heavy atom. The van der Waals surface area contributed by atoms with Crippen LogP contribution in [0.1, 0.15) is 20.3 Å². The van der Waals surface area contributed by atoms with Gasteiger partial charge in [0.05, 0.1) is 18.1 Å². The van der Waals surface area contributed by atoms with E-state index in [-0.39, 0.29) is 18.4 Å². The maximum Gasteiger partial charge on any atom is 0.223 e. The molecule has 1 heterocycles. The van der Waals surface area contributed by atoms with Gasteiger partial charge >= 0.3 is 0 Å². The molecule has 0 radical (unpaired) electrons. The monoisotopic (exact) mass is 129 g/mol. The van der Waals surface area contributed by atoms with E-state index >= 15 is 0 Å². The van der Waals surface area contributed by atoms with Crippen molar-refractivity contribution in [1.82, 2.24) is 5.32 Å². The summed E-state index contributed by atoms with van der Waals surface area (Å²) in [6.07, 6.45) is 0.230. The molecule has 9 heavy (non-hydrogen) atoms. The van der Waals surface area contributed by atoms with Crippen molar-refractivity contribution in [3.63, 3.8) is 0 Å². The quantitative estimate of drug-likeness (QED) is 0.469. The van der Waals surface area contributed by atoms with E-state index in [1.54, 1.807) is 13.8 Å². The Hall–Kier alpha value is -0.570. The number of carbonyl (C=O) groups excluding carboxylic acids is 1. The van der Waals surface area contributed by atoms with Crippen LogP contribution in [0.5, 0.6) is 0 Å². The second kappa shape index (κ2) is 1.70. The summed E-state index contributed by atoms with van der Waals surface area (Å²) in [5.41, 5.74) is -0.836. The van der Waals surface area contributed by atoms with Crippen molar-refractivity contribution in [2.75, 3.05) is 0 Å². The van der Waals surface area contributed by atoms with Gasteiger partial charge in [-0.3, -0.25) is 4.79 Å². The van der Waals surface area contributed by atoms with E-state index in [0.717, 1.165) is 0 Å². The zero-order valence-corrected chi connectivity index (χ0v) is 5.64. The van der Waals surface area contributed by atoms with Gasteiger partial charge in [-0.25, -0.2) is 0 Å². The Morgan fingerprint density at radius 2 is 2.44 bits per heavy atom. The molecule has 52 valence electrons. The first-order valence-corrected chi connectivity index (χ1v) is 3.04. The third kappa shape index (κ3) is 1.05. The van der Waals surface area contributed by atoms with Crippen LogP contribution >= 0.6 is 0 Å². The molecule has 0 aromatic rings. The van der Waals surface area contributed by atoms with Crippen molar-refractivity contribution in [3.05, 3.63) is 0 Å². The third-order valence-electron chi connectivity index (χ3n) is 1.83. The summed E-state index contributed by atoms with van der Waals surface area (Å²) in [7, 11) is 0. The van der Waals surface area contributed by atoms with Crippen LogP contribution in [0, 0.1) is 0 Å². The fraction of sp³-hybridized carbons (Fsp3) is 0.833. The molecule has 0 aliphatic carbocycles. The van der Waals surface area contributed by atoms with Gasteiger partial charge in [-0.05, 0) is 13.8 Å². The number of hydrogen-bond donors (Lipinski definition) is 2. The highest BCUT2D eigenvalue weighted by Gasteiger charge is 2.38. The van der Waals surface area contributed by atoms with Crippen LogP contribution in [0.3, 0.4) is 0 Å². The normalized spacial score (nSPS) is 43.0. The zero-order chi connectivity index (χ0) is 7.07. The molecule has 1 aliphatic rings. The summed E-state index contributed by atoms with van der Waals surface area (Å²) < 4.78 is 0. The Morgan fingerprint density at radius 1 is 1.89 bits per heavy atom. The van der Waals surface area contributed by atoms with E-state index in [2.05, 4.69) is 5.32 Å². The van der Waals surface area contributed by atoms with Crippen LogP contribution in [0.2, 0.25) is 0 Å². The van der Waals surface area contributed by atoms with Crippen molar-refractivity contribution in [1.29, 1.82) is 0 Å². The molecule has 1 aliphatic heterocycles. The molecule has 1 saturated heterocycles. The molecule has 0 unspecified atom stereocenters. The third-order valence-corrected chi connectivity index (χ3v) is 1.83. The predicted molar refractivity (Wildman–Crippen MR) is 32.8 cm³/mol. The molecule has 2 atom stereocenters. The maximum atomic E-state index is 10.6. The number of aliphatic hydroxyl groups is 1. The van der Waals surface area contributed by atoms with Crippen molar-refractivity contribution in [2.45, 2.75) is 31.9 Å². The predicted octanol–water partition coefficient (Wildman–Crippen LogP) is -0.354. The molecule has 0 saturated carbocycles. The van der Waals surface area contributed by atoms with Crippen LogP contribution in [0.25, 0.3) is 0 Å². The highest BCUT2D eigenvalue weighted by molar-refractivity contribution is 5.80. The summed E-state index contributed by atoms with van der Waals surface area (Å²) in [6.45, 7) is 3.46. The number of nitrogens with one attached hydrogen (secondary N) is 1. The van der Waals surface area contributed by atoms with Gasteiger partial charge in [0.15, 0.2) is 0 Å². The number of hydrogen-bond acceptors (Lipinski definition) is 2. The lowest BCUT2D eigenvalue weighted by atomic mass is 9.99. The van der Waals surface area contributed by atoms with Crippen molar-refractivity contribution >= 4 is 5.91 Å². The lowest BCUT2D eigenvalue weighted by molar-refractivity contribution is -0.120. The molecular weight excluding hydrogens is 118 g/mol. The Kier molecular flexibility index (Phi) is 1.24. The van der Waals surface area contributed by atoms with Crippen LogP contribution in [0.4, 0.5) is 0 Å². The summed E-state index contributed by atoms with van der Waals surface area (Å²) >= 11 is 0. The Labute approximate surface area is 54.1 Å². The van der Waals surface area contributed by atoms with E-state index in [0.29, 0.717) is 0 Å². The van der Waals surface area contributed by atoms with Crippen molar-refractivity contribution in [2.24, 2.45) is 0 Å². The second-order valence-corrected chi connectivity index (χ2v) is 2.82. The van der Waals surface area contributed by atoms with E-state index in [1.165, 1.54) is 0 Å². The van der Waals surface area contributed by atoms with Gasteiger partial charge < -0.3 is 10.4 Å². The summed E-state index contributed by atoms with van der Waals surface area (Å²) in [5, 5.41) is 12.0. The topological polar surface area (TPSA) is 49.3 Å². The second-order valence-electron chi connectivity index (χ2n) is 2.82. The largest absolute Gasteiger partial charge is 0.388 e. The first kappa shape index (κ1) is 6.55. The molecule has 1 fully saturated rings. The molecule has 0 spiro atoms. The lowest BCUT2D eigenvalue weighted by Crippen LogP contribution is -2.37. The number of rotatable bonds is 0. The molecule has 3 nitrogen and oxygen atoms in total. The highest BCUT2D eigenvalue weighted by Crippen LogP contribution is 2.19. The van der Waals surface area contributed by atoms with Crippen LogP contribution in [-0.2, 0) is 4.79 Å². The van der Waals surface area contributed by atoms with Gasteiger partial charge in [-0.15, -0.1) is 0 Å². The van der Waals surface area contributed by atoms with Gasteiger partial charge in [0.2, 0.25) is 5.91 Å². The minimum absolute atomic E-state index is 0.0625. The molecule has 2 N–H and O–H groups in total. The average molecular weight is 129 g/mol. The lowest BCUT2D eigenvalue weighted by Gasteiger charge is -2.19. The van der Waals surface area contributed by atoms with Crippen molar-refractivity contribution < 1.29 is 9.90 Å². The fourth-order valence-electron chi connectivity index (χ4n) is 0.926. The van der Waals surface area contributed by atoms with Gasteiger partial charge in [-0.1, -0.05) is 0 Å². The van der Waals surface area contributed by atoms with E-state index in [4.69, 9.17) is 0 Å². The number of amides is 1. The standard InChI is InChI=1S/C6H11NO2/c1-4-6(2,9)3-5(8)7-4/h4,9H,3H2,1-2H3,(H,7,8)/t4-,6-/m0/s1. The highest BCUT2D eigenvalue weighted by atomic mass is 16.3. The van der Waals surface area contributed by atoms with E-state index < -0.39 is 5.60 Å². The smallest absolute Gasteiger partial charge is 0.223 e. The van der Waals surface area contributed by atoms with Crippen LogP contribution in [0.15, 0.2) is 0 Å². The molecule has 0 aromatic carbocycles. The Balaban J connectivity index is 2.69. The molecule has 1 rings (SSSR count). The number of carbonyl (C=O) groups is 1. The van der Waals surface area contributed by atoms with E-state index in [9.17, 15) is 9.90 Å².